The zero-order valence-corrected chi connectivity index (χ0v) is 19.8. The van der Waals surface area contributed by atoms with Gasteiger partial charge >= 0.3 is 0 Å². The molecule has 0 bridgehead atoms. The van der Waals surface area contributed by atoms with Crippen LogP contribution in [0.3, 0.4) is 0 Å². The first-order valence-corrected chi connectivity index (χ1v) is 12.7. The average Bonchev–Trinajstić information content (AvgIpc) is 3.49. The number of hydrogen-bond acceptors (Lipinski definition) is 3. The molecule has 2 aliphatic carbocycles. The predicted molar refractivity (Wildman–Crippen MR) is 128 cm³/mol. The van der Waals surface area contributed by atoms with Gasteiger partial charge in [0, 0.05) is 18.5 Å². The molecule has 0 spiro atoms. The van der Waals surface area contributed by atoms with Crippen LogP contribution in [0.1, 0.15) is 74.6 Å². The molecular formula is C28H33FN2O3. The van der Waals surface area contributed by atoms with Gasteiger partial charge in [0.25, 0.3) is 5.91 Å². The molecule has 34 heavy (non-hydrogen) atoms. The fourth-order valence-corrected chi connectivity index (χ4v) is 5.32. The number of rotatable bonds is 7. The van der Waals surface area contributed by atoms with Crippen molar-refractivity contribution in [2.24, 2.45) is 5.92 Å². The Morgan fingerprint density at radius 3 is 2.50 bits per heavy atom. The highest BCUT2D eigenvalue weighted by molar-refractivity contribution is 5.82. The van der Waals surface area contributed by atoms with Gasteiger partial charge in [-0.3, -0.25) is 9.59 Å². The largest absolute Gasteiger partial charge is 0.481 e. The summed E-state index contributed by atoms with van der Waals surface area (Å²) >= 11 is 0. The quantitative estimate of drug-likeness (QED) is 0.632. The van der Waals surface area contributed by atoms with Crippen LogP contribution in [0.25, 0.3) is 0 Å². The molecular weight excluding hydrogens is 431 g/mol. The van der Waals surface area contributed by atoms with Crippen LogP contribution in [-0.2, 0) is 16.0 Å². The lowest BCUT2D eigenvalue weighted by Crippen LogP contribution is -2.43. The Hall–Kier alpha value is -2.89. The summed E-state index contributed by atoms with van der Waals surface area (Å²) in [6.45, 7) is 2.59. The number of ether oxygens (including phenoxy) is 1. The zero-order chi connectivity index (χ0) is 23.7. The smallest absolute Gasteiger partial charge is 0.261 e. The van der Waals surface area contributed by atoms with Gasteiger partial charge in [0.2, 0.25) is 5.91 Å². The van der Waals surface area contributed by atoms with E-state index in [4.69, 9.17) is 4.74 Å². The van der Waals surface area contributed by atoms with Crippen molar-refractivity contribution in [2.45, 2.75) is 76.5 Å². The molecule has 0 aromatic heterocycles. The van der Waals surface area contributed by atoms with Crippen molar-refractivity contribution < 1.29 is 18.7 Å². The fourth-order valence-electron chi connectivity index (χ4n) is 5.32. The minimum atomic E-state index is -0.553. The molecule has 1 N–H and O–H groups in total. The number of benzene rings is 2. The van der Waals surface area contributed by atoms with E-state index in [0.717, 1.165) is 61.6 Å². The lowest BCUT2D eigenvalue weighted by Gasteiger charge is -2.39. The maximum Gasteiger partial charge on any atom is 0.261 e. The van der Waals surface area contributed by atoms with Crippen molar-refractivity contribution in [3.05, 3.63) is 65.0 Å². The molecule has 0 unspecified atom stereocenters. The number of fused-ring (bicyclic) bond motifs is 1. The summed E-state index contributed by atoms with van der Waals surface area (Å²) in [5, 5.41) is 3.03. The molecule has 2 saturated carbocycles. The molecule has 0 saturated heterocycles. The van der Waals surface area contributed by atoms with Gasteiger partial charge in [-0.15, -0.1) is 0 Å². The van der Waals surface area contributed by atoms with Gasteiger partial charge in [0.1, 0.15) is 11.6 Å². The molecule has 5 rings (SSSR count). The highest BCUT2D eigenvalue weighted by Crippen LogP contribution is 2.40. The third-order valence-corrected chi connectivity index (χ3v) is 7.38. The molecule has 1 heterocycles. The molecule has 3 aliphatic rings. The van der Waals surface area contributed by atoms with E-state index in [9.17, 15) is 14.0 Å². The van der Waals surface area contributed by atoms with E-state index in [0.29, 0.717) is 18.7 Å². The number of nitrogens with one attached hydrogen (secondary N) is 1. The molecule has 2 amide bonds. The summed E-state index contributed by atoms with van der Waals surface area (Å²) in [6.07, 6.45) is 6.93. The van der Waals surface area contributed by atoms with Crippen molar-refractivity contribution in [1.82, 2.24) is 10.2 Å². The van der Waals surface area contributed by atoms with Crippen molar-refractivity contribution >= 4 is 11.8 Å². The Bertz CT molecular complexity index is 1040. The number of halogens is 1. The number of nitrogens with zero attached hydrogens (tertiary/aromatic N) is 1. The first-order chi connectivity index (χ1) is 16.5. The lowest BCUT2D eigenvalue weighted by molar-refractivity contribution is -0.137. The first kappa shape index (κ1) is 22.9. The third kappa shape index (κ3) is 4.82. The van der Waals surface area contributed by atoms with Crippen LogP contribution in [0, 0.1) is 11.7 Å². The van der Waals surface area contributed by atoms with Crippen LogP contribution in [-0.4, -0.2) is 35.4 Å². The van der Waals surface area contributed by atoms with Crippen LogP contribution < -0.4 is 10.1 Å². The molecule has 6 heteroatoms. The van der Waals surface area contributed by atoms with Gasteiger partial charge in [0.15, 0.2) is 6.10 Å². The van der Waals surface area contributed by atoms with Gasteiger partial charge in [-0.25, -0.2) is 4.39 Å². The number of amides is 2. The standard InChI is InChI=1S/C28H33FN2O3/c1-2-25(27(32)30-22-12-13-22)34-23-14-9-18-15-16-31(28(33)20-5-3-4-6-20)26(24(18)17-23)19-7-10-21(29)11-8-19/h7-11,14,17,20,22,25-26H,2-6,12-13,15-16H2,1H3,(H,30,32)/t25-,26+/m0/s1. The van der Waals surface area contributed by atoms with Crippen molar-refractivity contribution in [3.63, 3.8) is 0 Å². The van der Waals surface area contributed by atoms with Crippen LogP contribution >= 0.6 is 0 Å². The molecule has 1 aliphatic heterocycles. The Balaban J connectivity index is 1.46. The molecule has 0 radical (unpaired) electrons. The Morgan fingerprint density at radius 2 is 1.82 bits per heavy atom. The SMILES string of the molecule is CC[C@H](Oc1ccc2c(c1)[C@@H](c1ccc(F)cc1)N(C(=O)C1CCCC1)CC2)C(=O)NC1CC1. The second kappa shape index (κ2) is 9.77. The third-order valence-electron chi connectivity index (χ3n) is 7.38. The summed E-state index contributed by atoms with van der Waals surface area (Å²) in [6, 6.07) is 12.4. The van der Waals surface area contributed by atoms with Crippen LogP contribution in [0.2, 0.25) is 0 Å². The summed E-state index contributed by atoms with van der Waals surface area (Å²) in [4.78, 5) is 28.1. The Kier molecular flexibility index (Phi) is 6.57. The highest BCUT2D eigenvalue weighted by atomic mass is 19.1. The van der Waals surface area contributed by atoms with Crippen molar-refractivity contribution in [2.75, 3.05) is 6.54 Å². The van der Waals surface area contributed by atoms with Crippen LogP contribution in [0.4, 0.5) is 4.39 Å². The Labute approximate surface area is 200 Å². The monoisotopic (exact) mass is 464 g/mol. The normalized spacial score (nSPS) is 21.1. The minimum Gasteiger partial charge on any atom is -0.481 e. The van der Waals surface area contributed by atoms with Gasteiger partial charge in [-0.2, -0.15) is 0 Å². The maximum absolute atomic E-state index is 13.7. The summed E-state index contributed by atoms with van der Waals surface area (Å²) < 4.78 is 19.9. The molecule has 2 fully saturated rings. The van der Waals surface area contributed by atoms with Crippen LogP contribution in [0.15, 0.2) is 42.5 Å². The molecule has 2 aromatic carbocycles. The van der Waals surface area contributed by atoms with Crippen molar-refractivity contribution in [1.29, 1.82) is 0 Å². The van der Waals surface area contributed by atoms with E-state index in [-0.39, 0.29) is 35.6 Å². The topological polar surface area (TPSA) is 58.6 Å². The predicted octanol–water partition coefficient (Wildman–Crippen LogP) is 4.93. The van der Waals surface area contributed by atoms with Crippen molar-refractivity contribution in [3.8, 4) is 5.75 Å². The van der Waals surface area contributed by atoms with E-state index in [1.165, 1.54) is 12.1 Å². The number of hydrogen-bond donors (Lipinski definition) is 1. The van der Waals surface area contributed by atoms with E-state index < -0.39 is 6.10 Å². The van der Waals surface area contributed by atoms with E-state index >= 15 is 0 Å². The number of carbonyl (C=O) groups is 2. The maximum atomic E-state index is 13.7. The highest BCUT2D eigenvalue weighted by Gasteiger charge is 2.36. The second-order valence-corrected chi connectivity index (χ2v) is 9.88. The summed E-state index contributed by atoms with van der Waals surface area (Å²) in [5.41, 5.74) is 3.05. The van der Waals surface area contributed by atoms with Crippen LogP contribution in [0.5, 0.6) is 5.75 Å². The van der Waals surface area contributed by atoms with Gasteiger partial charge in [-0.1, -0.05) is 38.0 Å². The Morgan fingerprint density at radius 1 is 1.09 bits per heavy atom. The molecule has 2 atom stereocenters. The first-order valence-electron chi connectivity index (χ1n) is 12.7. The average molecular weight is 465 g/mol. The minimum absolute atomic E-state index is 0.0690. The number of carbonyl (C=O) groups excluding carboxylic acids is 2. The second-order valence-electron chi connectivity index (χ2n) is 9.88. The zero-order valence-electron chi connectivity index (χ0n) is 19.8. The van der Waals surface area contributed by atoms with Gasteiger partial charge in [-0.05, 0) is 79.5 Å². The summed E-state index contributed by atoms with van der Waals surface area (Å²) in [7, 11) is 0. The van der Waals surface area contributed by atoms with E-state index in [1.54, 1.807) is 12.1 Å². The fraction of sp³-hybridized carbons (Fsp3) is 0.500. The summed E-state index contributed by atoms with van der Waals surface area (Å²) in [5.74, 6) is 0.520. The van der Waals surface area contributed by atoms with Gasteiger partial charge < -0.3 is 15.0 Å². The molecule has 180 valence electrons. The molecule has 5 nitrogen and oxygen atoms in total. The molecule has 2 aromatic rings. The van der Waals surface area contributed by atoms with Gasteiger partial charge in [0.05, 0.1) is 6.04 Å². The lowest BCUT2D eigenvalue weighted by atomic mass is 9.87. The van der Waals surface area contributed by atoms with E-state index in [1.807, 2.05) is 30.0 Å². The van der Waals surface area contributed by atoms with E-state index in [2.05, 4.69) is 5.32 Å².